The lowest BCUT2D eigenvalue weighted by Gasteiger charge is -2.30. The molecule has 2 atom stereocenters. The molecule has 8 heteroatoms. The SMILES string of the molecule is CCN1CCOC(c2noc(-c3csc(C(C)N)n3)n2)C1. The molecular formula is C13H19N5O2S. The zero-order valence-corrected chi connectivity index (χ0v) is 13.0. The van der Waals surface area contributed by atoms with E-state index in [1.807, 2.05) is 12.3 Å². The van der Waals surface area contributed by atoms with Gasteiger partial charge in [-0.25, -0.2) is 4.98 Å². The summed E-state index contributed by atoms with van der Waals surface area (Å²) in [6.07, 6.45) is -0.136. The largest absolute Gasteiger partial charge is 0.367 e. The summed E-state index contributed by atoms with van der Waals surface area (Å²) in [5, 5.41) is 6.78. The third-order valence-corrected chi connectivity index (χ3v) is 4.50. The molecule has 0 saturated carbocycles. The molecule has 0 radical (unpaired) electrons. The second-order valence-electron chi connectivity index (χ2n) is 5.07. The van der Waals surface area contributed by atoms with Crippen LogP contribution < -0.4 is 5.73 Å². The Labute approximate surface area is 127 Å². The Morgan fingerprint density at radius 1 is 1.52 bits per heavy atom. The lowest BCUT2D eigenvalue weighted by atomic mass is 10.2. The molecule has 0 spiro atoms. The first-order valence-corrected chi connectivity index (χ1v) is 7.94. The first-order chi connectivity index (χ1) is 10.2. The van der Waals surface area contributed by atoms with Crippen molar-refractivity contribution in [1.82, 2.24) is 20.0 Å². The highest BCUT2D eigenvalue weighted by Crippen LogP contribution is 2.26. The van der Waals surface area contributed by atoms with Gasteiger partial charge in [0.15, 0.2) is 0 Å². The van der Waals surface area contributed by atoms with E-state index in [4.69, 9.17) is 15.0 Å². The maximum Gasteiger partial charge on any atom is 0.277 e. The van der Waals surface area contributed by atoms with Crippen LogP contribution in [0.2, 0.25) is 0 Å². The van der Waals surface area contributed by atoms with Gasteiger partial charge in [-0.05, 0) is 13.5 Å². The maximum absolute atomic E-state index is 5.81. The number of rotatable bonds is 4. The Morgan fingerprint density at radius 3 is 3.10 bits per heavy atom. The van der Waals surface area contributed by atoms with Crippen LogP contribution in [-0.2, 0) is 4.74 Å². The van der Waals surface area contributed by atoms with E-state index in [-0.39, 0.29) is 12.1 Å². The summed E-state index contributed by atoms with van der Waals surface area (Å²) in [5.41, 5.74) is 6.49. The van der Waals surface area contributed by atoms with Gasteiger partial charge in [0.2, 0.25) is 5.82 Å². The fourth-order valence-electron chi connectivity index (χ4n) is 2.21. The van der Waals surface area contributed by atoms with Crippen molar-refractivity contribution >= 4 is 11.3 Å². The molecule has 0 aliphatic carbocycles. The molecule has 21 heavy (non-hydrogen) atoms. The number of likely N-dealkylation sites (N-methyl/N-ethyl adjacent to an activating group) is 1. The van der Waals surface area contributed by atoms with Gasteiger partial charge in [0, 0.05) is 18.5 Å². The molecule has 2 aromatic rings. The summed E-state index contributed by atoms with van der Waals surface area (Å²) < 4.78 is 11.0. The van der Waals surface area contributed by atoms with Crippen LogP contribution in [0.4, 0.5) is 0 Å². The normalized spacial score (nSPS) is 21.6. The Morgan fingerprint density at radius 2 is 2.38 bits per heavy atom. The van der Waals surface area contributed by atoms with Crippen LogP contribution in [0.25, 0.3) is 11.6 Å². The van der Waals surface area contributed by atoms with E-state index in [9.17, 15) is 0 Å². The van der Waals surface area contributed by atoms with Crippen molar-refractivity contribution in [1.29, 1.82) is 0 Å². The van der Waals surface area contributed by atoms with E-state index in [0.717, 1.165) is 24.6 Å². The summed E-state index contributed by atoms with van der Waals surface area (Å²) in [5.74, 6) is 1.00. The molecule has 0 amide bonds. The molecule has 114 valence electrons. The number of ether oxygens (including phenoxy) is 1. The molecule has 1 aliphatic heterocycles. The van der Waals surface area contributed by atoms with E-state index in [1.54, 1.807) is 0 Å². The van der Waals surface area contributed by atoms with Gasteiger partial charge in [0.1, 0.15) is 16.8 Å². The fraction of sp³-hybridized carbons (Fsp3) is 0.615. The zero-order chi connectivity index (χ0) is 14.8. The lowest BCUT2D eigenvalue weighted by molar-refractivity contribution is -0.0334. The number of nitrogens with two attached hydrogens (primary N) is 1. The molecule has 2 aromatic heterocycles. The maximum atomic E-state index is 5.81. The van der Waals surface area contributed by atoms with Gasteiger partial charge in [-0.15, -0.1) is 11.3 Å². The van der Waals surface area contributed by atoms with E-state index >= 15 is 0 Å². The van der Waals surface area contributed by atoms with Crippen LogP contribution in [0.5, 0.6) is 0 Å². The van der Waals surface area contributed by atoms with Gasteiger partial charge < -0.3 is 15.0 Å². The molecule has 7 nitrogen and oxygen atoms in total. The Bertz CT molecular complexity index is 597. The van der Waals surface area contributed by atoms with E-state index in [1.165, 1.54) is 11.3 Å². The number of morpholine rings is 1. The molecule has 2 unspecified atom stereocenters. The monoisotopic (exact) mass is 309 g/mol. The number of nitrogens with zero attached hydrogens (tertiary/aromatic N) is 4. The zero-order valence-electron chi connectivity index (χ0n) is 12.2. The molecule has 1 fully saturated rings. The summed E-state index contributed by atoms with van der Waals surface area (Å²) in [6.45, 7) is 7.45. The topological polar surface area (TPSA) is 90.3 Å². The molecule has 3 heterocycles. The van der Waals surface area contributed by atoms with Crippen molar-refractivity contribution in [2.75, 3.05) is 26.2 Å². The number of hydrogen-bond acceptors (Lipinski definition) is 8. The minimum atomic E-state index is -0.136. The number of thiazole rings is 1. The second-order valence-corrected chi connectivity index (χ2v) is 5.96. The van der Waals surface area contributed by atoms with Crippen molar-refractivity contribution in [2.24, 2.45) is 5.73 Å². The van der Waals surface area contributed by atoms with Crippen LogP contribution in [0.1, 0.15) is 36.8 Å². The molecular weight excluding hydrogens is 290 g/mol. The predicted octanol–water partition coefficient (Wildman–Crippen LogP) is 1.61. The first kappa shape index (κ1) is 14.6. The minimum absolute atomic E-state index is 0.0917. The van der Waals surface area contributed by atoms with E-state index in [0.29, 0.717) is 24.0 Å². The number of aromatic nitrogens is 3. The van der Waals surface area contributed by atoms with Crippen molar-refractivity contribution in [3.05, 3.63) is 16.2 Å². The van der Waals surface area contributed by atoms with Gasteiger partial charge in [-0.1, -0.05) is 12.1 Å². The Balaban J connectivity index is 1.76. The quantitative estimate of drug-likeness (QED) is 0.917. The highest BCUT2D eigenvalue weighted by Gasteiger charge is 2.26. The molecule has 0 bridgehead atoms. The highest BCUT2D eigenvalue weighted by molar-refractivity contribution is 7.10. The smallest absolute Gasteiger partial charge is 0.277 e. The van der Waals surface area contributed by atoms with Crippen LogP contribution >= 0.6 is 11.3 Å². The van der Waals surface area contributed by atoms with Crippen LogP contribution in [0.15, 0.2) is 9.90 Å². The molecule has 1 saturated heterocycles. The predicted molar refractivity (Wildman–Crippen MR) is 78.8 cm³/mol. The minimum Gasteiger partial charge on any atom is -0.367 e. The standard InChI is InChI=1S/C13H19N5O2S/c1-3-18-4-5-19-10(6-18)11-16-12(20-17-11)9-7-21-13(15-9)8(2)14/h7-8,10H,3-6,14H2,1-2H3. The third kappa shape index (κ3) is 3.13. The van der Waals surface area contributed by atoms with Crippen LogP contribution in [0.3, 0.4) is 0 Å². The average Bonchev–Trinajstić information content (AvgIpc) is 3.16. The molecule has 0 aromatic carbocycles. The molecule has 3 rings (SSSR count). The van der Waals surface area contributed by atoms with Crippen molar-refractivity contribution in [3.8, 4) is 11.6 Å². The molecule has 1 aliphatic rings. The van der Waals surface area contributed by atoms with Crippen molar-refractivity contribution in [2.45, 2.75) is 26.0 Å². The summed E-state index contributed by atoms with van der Waals surface area (Å²) in [4.78, 5) is 11.1. The van der Waals surface area contributed by atoms with E-state index < -0.39 is 0 Å². The van der Waals surface area contributed by atoms with Crippen molar-refractivity contribution in [3.63, 3.8) is 0 Å². The summed E-state index contributed by atoms with van der Waals surface area (Å²) >= 11 is 1.50. The molecule has 2 N–H and O–H groups in total. The third-order valence-electron chi connectivity index (χ3n) is 3.46. The highest BCUT2D eigenvalue weighted by atomic mass is 32.1. The average molecular weight is 309 g/mol. The van der Waals surface area contributed by atoms with Gasteiger partial charge in [0.05, 0.1) is 12.6 Å². The first-order valence-electron chi connectivity index (χ1n) is 7.06. The Hall–Kier alpha value is -1.35. The van der Waals surface area contributed by atoms with Crippen LogP contribution in [-0.4, -0.2) is 46.3 Å². The summed E-state index contributed by atoms with van der Waals surface area (Å²) in [7, 11) is 0. The van der Waals surface area contributed by atoms with Gasteiger partial charge in [-0.2, -0.15) is 4.98 Å². The van der Waals surface area contributed by atoms with Gasteiger partial charge >= 0.3 is 0 Å². The Kier molecular flexibility index (Phi) is 4.29. The fourth-order valence-corrected chi connectivity index (χ4v) is 2.96. The summed E-state index contributed by atoms with van der Waals surface area (Å²) in [6, 6.07) is -0.0917. The van der Waals surface area contributed by atoms with Gasteiger partial charge in [-0.3, -0.25) is 4.90 Å². The lowest BCUT2D eigenvalue weighted by Crippen LogP contribution is -2.38. The van der Waals surface area contributed by atoms with E-state index in [2.05, 4.69) is 26.9 Å². The number of hydrogen-bond donors (Lipinski definition) is 1. The second kappa shape index (κ2) is 6.18. The van der Waals surface area contributed by atoms with Crippen molar-refractivity contribution < 1.29 is 9.26 Å². The van der Waals surface area contributed by atoms with Crippen LogP contribution in [0, 0.1) is 0 Å². The van der Waals surface area contributed by atoms with Gasteiger partial charge in [0.25, 0.3) is 5.89 Å².